The third-order valence-corrected chi connectivity index (χ3v) is 2.69. The summed E-state index contributed by atoms with van der Waals surface area (Å²) in [5.74, 6) is 0. The fourth-order valence-electron chi connectivity index (χ4n) is 1.76. The molecule has 90 valence electrons. The summed E-state index contributed by atoms with van der Waals surface area (Å²) in [7, 11) is 0. The Labute approximate surface area is 101 Å². The van der Waals surface area contributed by atoms with E-state index in [-0.39, 0.29) is 0 Å². The zero-order valence-corrected chi connectivity index (χ0v) is 10.1. The van der Waals surface area contributed by atoms with Gasteiger partial charge in [-0.3, -0.25) is 0 Å². The summed E-state index contributed by atoms with van der Waals surface area (Å²) < 4.78 is 1.82. The maximum atomic E-state index is 5.46. The summed E-state index contributed by atoms with van der Waals surface area (Å²) in [4.78, 5) is 0. The van der Waals surface area contributed by atoms with E-state index in [2.05, 4.69) is 29.4 Å². The Morgan fingerprint density at radius 2 is 2.18 bits per heavy atom. The first-order valence-corrected chi connectivity index (χ1v) is 5.98. The minimum absolute atomic E-state index is 0.742. The van der Waals surface area contributed by atoms with E-state index < -0.39 is 0 Å². The minimum Gasteiger partial charge on any atom is -0.330 e. The van der Waals surface area contributed by atoms with Gasteiger partial charge in [-0.25, -0.2) is 4.68 Å². The van der Waals surface area contributed by atoms with Gasteiger partial charge >= 0.3 is 0 Å². The number of hydrogen-bond acceptors (Lipinski definition) is 3. The molecule has 4 heteroatoms. The second-order valence-corrected chi connectivity index (χ2v) is 4.24. The molecule has 0 saturated heterocycles. The van der Waals surface area contributed by atoms with E-state index in [0.29, 0.717) is 0 Å². The van der Waals surface area contributed by atoms with E-state index in [4.69, 9.17) is 5.73 Å². The van der Waals surface area contributed by atoms with Crippen LogP contribution in [0.1, 0.15) is 24.1 Å². The number of hydrogen-bond donors (Lipinski definition) is 1. The van der Waals surface area contributed by atoms with Crippen LogP contribution in [0.5, 0.6) is 0 Å². The van der Waals surface area contributed by atoms with E-state index in [1.165, 1.54) is 5.56 Å². The first kappa shape index (κ1) is 11.8. The lowest BCUT2D eigenvalue weighted by molar-refractivity contribution is 0.727. The highest BCUT2D eigenvalue weighted by Crippen LogP contribution is 2.10. The molecule has 0 saturated carbocycles. The molecule has 1 aromatic heterocycles. The van der Waals surface area contributed by atoms with Crippen molar-refractivity contribution in [2.45, 2.75) is 26.2 Å². The normalized spacial score (nSPS) is 10.7. The van der Waals surface area contributed by atoms with Gasteiger partial charge in [0.15, 0.2) is 0 Å². The minimum atomic E-state index is 0.742. The molecule has 0 aliphatic heterocycles. The Kier molecular flexibility index (Phi) is 3.88. The average Bonchev–Trinajstić information content (AvgIpc) is 2.78. The first-order chi connectivity index (χ1) is 8.29. The van der Waals surface area contributed by atoms with Crippen LogP contribution in [0, 0.1) is 6.92 Å². The molecular formula is C13H18N4. The molecule has 0 aliphatic rings. The second kappa shape index (κ2) is 5.59. The van der Waals surface area contributed by atoms with Crippen molar-refractivity contribution < 1.29 is 0 Å². The smallest absolute Gasteiger partial charge is 0.0831 e. The summed E-state index contributed by atoms with van der Waals surface area (Å²) in [6, 6.07) is 8.23. The van der Waals surface area contributed by atoms with Crippen LogP contribution in [-0.2, 0) is 6.42 Å². The fraction of sp³-hybridized carbons (Fsp3) is 0.385. The molecule has 0 atom stereocenters. The van der Waals surface area contributed by atoms with Crippen molar-refractivity contribution in [2.75, 3.05) is 6.54 Å². The molecule has 1 aromatic carbocycles. The summed E-state index contributed by atoms with van der Waals surface area (Å²) in [5, 5.41) is 8.31. The maximum Gasteiger partial charge on any atom is 0.0831 e. The molecule has 0 bridgehead atoms. The summed E-state index contributed by atoms with van der Waals surface area (Å²) in [5.41, 5.74) is 8.77. The number of benzene rings is 1. The molecule has 0 fully saturated rings. The van der Waals surface area contributed by atoms with Crippen molar-refractivity contribution in [2.24, 2.45) is 5.73 Å². The van der Waals surface area contributed by atoms with E-state index in [9.17, 15) is 0 Å². The molecule has 0 amide bonds. The highest BCUT2D eigenvalue weighted by Gasteiger charge is 2.02. The van der Waals surface area contributed by atoms with Crippen molar-refractivity contribution in [1.82, 2.24) is 15.0 Å². The lowest BCUT2D eigenvalue weighted by Gasteiger charge is -2.00. The number of rotatable bonds is 5. The maximum absolute atomic E-state index is 5.46. The summed E-state index contributed by atoms with van der Waals surface area (Å²) >= 11 is 0. The topological polar surface area (TPSA) is 56.7 Å². The van der Waals surface area contributed by atoms with Crippen molar-refractivity contribution >= 4 is 0 Å². The molecule has 2 N–H and O–H groups in total. The lowest BCUT2D eigenvalue weighted by atomic mass is 10.2. The molecule has 2 aromatic rings. The molecule has 17 heavy (non-hydrogen) atoms. The standard InChI is InChI=1S/C13H18N4/c1-11-5-4-7-13(9-11)17-10-12(15-16-17)6-2-3-8-14/h4-5,7,9-10H,2-3,6,8,14H2,1H3. The number of aromatic nitrogens is 3. The van der Waals surface area contributed by atoms with Gasteiger partial charge in [0.25, 0.3) is 0 Å². The quantitative estimate of drug-likeness (QED) is 0.798. The van der Waals surface area contributed by atoms with Crippen LogP contribution in [0.15, 0.2) is 30.5 Å². The van der Waals surface area contributed by atoms with E-state index in [1.807, 2.05) is 23.0 Å². The van der Waals surface area contributed by atoms with Gasteiger partial charge in [0.05, 0.1) is 17.6 Å². The van der Waals surface area contributed by atoms with Gasteiger partial charge in [-0.2, -0.15) is 0 Å². The zero-order valence-electron chi connectivity index (χ0n) is 10.1. The SMILES string of the molecule is Cc1cccc(-n2cc(CCCCN)nn2)c1. The van der Waals surface area contributed by atoms with Crippen LogP contribution in [0.25, 0.3) is 5.69 Å². The highest BCUT2D eigenvalue weighted by atomic mass is 15.4. The van der Waals surface area contributed by atoms with E-state index in [0.717, 1.165) is 37.2 Å². The third-order valence-electron chi connectivity index (χ3n) is 2.69. The zero-order chi connectivity index (χ0) is 12.1. The van der Waals surface area contributed by atoms with Crippen LogP contribution in [0.4, 0.5) is 0 Å². The molecular weight excluding hydrogens is 212 g/mol. The van der Waals surface area contributed by atoms with Gasteiger partial charge in [0.2, 0.25) is 0 Å². The van der Waals surface area contributed by atoms with Crippen molar-refractivity contribution in [1.29, 1.82) is 0 Å². The van der Waals surface area contributed by atoms with Crippen LogP contribution >= 0.6 is 0 Å². The Morgan fingerprint density at radius 3 is 2.94 bits per heavy atom. The van der Waals surface area contributed by atoms with Gasteiger partial charge in [-0.05, 0) is 50.4 Å². The molecule has 1 heterocycles. The highest BCUT2D eigenvalue weighted by molar-refractivity contribution is 5.34. The predicted molar refractivity (Wildman–Crippen MR) is 68.1 cm³/mol. The molecule has 2 rings (SSSR count). The molecule has 4 nitrogen and oxygen atoms in total. The van der Waals surface area contributed by atoms with Gasteiger partial charge < -0.3 is 5.73 Å². The second-order valence-electron chi connectivity index (χ2n) is 4.24. The van der Waals surface area contributed by atoms with E-state index >= 15 is 0 Å². The van der Waals surface area contributed by atoms with Gasteiger partial charge in [0, 0.05) is 0 Å². The van der Waals surface area contributed by atoms with E-state index in [1.54, 1.807) is 0 Å². The lowest BCUT2D eigenvalue weighted by Crippen LogP contribution is -1.99. The van der Waals surface area contributed by atoms with Gasteiger partial charge in [-0.1, -0.05) is 17.3 Å². The third kappa shape index (κ3) is 3.14. The molecule has 0 radical (unpaired) electrons. The van der Waals surface area contributed by atoms with Crippen LogP contribution < -0.4 is 5.73 Å². The Bertz CT molecular complexity index is 476. The molecule has 0 aliphatic carbocycles. The summed E-state index contributed by atoms with van der Waals surface area (Å²) in [6.07, 6.45) is 5.05. The van der Waals surface area contributed by atoms with Crippen molar-refractivity contribution in [3.63, 3.8) is 0 Å². The van der Waals surface area contributed by atoms with Crippen molar-refractivity contribution in [3.8, 4) is 5.69 Å². The Balaban J connectivity index is 2.07. The monoisotopic (exact) mass is 230 g/mol. The average molecular weight is 230 g/mol. The molecule has 0 unspecified atom stereocenters. The van der Waals surface area contributed by atoms with Crippen LogP contribution in [-0.4, -0.2) is 21.5 Å². The van der Waals surface area contributed by atoms with Gasteiger partial charge in [-0.15, -0.1) is 5.10 Å². The number of nitrogens with zero attached hydrogens (tertiary/aromatic N) is 3. The number of unbranched alkanes of at least 4 members (excludes halogenated alkanes) is 1. The summed E-state index contributed by atoms with van der Waals surface area (Å²) in [6.45, 7) is 2.81. The number of nitrogens with two attached hydrogens (primary N) is 1. The number of aryl methyl sites for hydroxylation is 2. The predicted octanol–water partition coefficient (Wildman–Crippen LogP) is 1.86. The fourth-order valence-corrected chi connectivity index (χ4v) is 1.76. The Hall–Kier alpha value is -1.68. The first-order valence-electron chi connectivity index (χ1n) is 5.98. The molecule has 0 spiro atoms. The largest absolute Gasteiger partial charge is 0.330 e. The van der Waals surface area contributed by atoms with Crippen LogP contribution in [0.2, 0.25) is 0 Å². The van der Waals surface area contributed by atoms with Gasteiger partial charge in [0.1, 0.15) is 0 Å². The van der Waals surface area contributed by atoms with Crippen LogP contribution in [0.3, 0.4) is 0 Å². The Morgan fingerprint density at radius 1 is 1.29 bits per heavy atom. The van der Waals surface area contributed by atoms with Crippen molar-refractivity contribution in [3.05, 3.63) is 41.7 Å².